The second-order valence-corrected chi connectivity index (χ2v) is 5.57. The number of nitrogens with one attached hydrogen (secondary N) is 2. The van der Waals surface area contributed by atoms with E-state index in [0.717, 1.165) is 12.1 Å². The maximum atomic E-state index is 12.4. The second kappa shape index (κ2) is 11.8. The molecule has 0 aliphatic carbocycles. The van der Waals surface area contributed by atoms with E-state index in [4.69, 9.17) is 9.47 Å². The third kappa shape index (κ3) is 6.99. The summed E-state index contributed by atoms with van der Waals surface area (Å²) in [6, 6.07) is 9.05. The first-order valence-electron chi connectivity index (χ1n) is 8.11. The van der Waals surface area contributed by atoms with E-state index in [0.29, 0.717) is 26.2 Å². The van der Waals surface area contributed by atoms with Crippen molar-refractivity contribution in [3.63, 3.8) is 0 Å². The van der Waals surface area contributed by atoms with E-state index in [9.17, 15) is 9.59 Å². The van der Waals surface area contributed by atoms with Gasteiger partial charge >= 0.3 is 0 Å². The lowest BCUT2D eigenvalue weighted by atomic mass is 10.1. The number of amides is 2. The van der Waals surface area contributed by atoms with Crippen LogP contribution in [0.15, 0.2) is 30.3 Å². The summed E-state index contributed by atoms with van der Waals surface area (Å²) < 4.78 is 10.2. The molecule has 1 aromatic rings. The topological polar surface area (TPSA) is 79.9 Å². The fourth-order valence-corrected chi connectivity index (χ4v) is 2.49. The van der Waals surface area contributed by atoms with Gasteiger partial charge in [0.25, 0.3) is 0 Å². The Hall–Kier alpha value is -1.67. The Morgan fingerprint density at radius 3 is 2.76 bits per heavy atom. The number of methoxy groups -OCH3 is 1. The fraction of sp³-hybridized carbons (Fsp3) is 0.529. The van der Waals surface area contributed by atoms with Crippen LogP contribution in [-0.4, -0.2) is 69.3 Å². The molecule has 0 spiro atoms. The number of carbonyl (C=O) groups excluding carboxylic acids is 2. The van der Waals surface area contributed by atoms with Crippen LogP contribution in [0.4, 0.5) is 0 Å². The number of morpholine rings is 1. The Kier molecular flexibility index (Phi) is 10.1. The molecule has 1 saturated heterocycles. The molecular formula is C17H26ClN3O4. The highest BCUT2D eigenvalue weighted by molar-refractivity contribution is 5.89. The van der Waals surface area contributed by atoms with E-state index in [1.807, 2.05) is 30.3 Å². The van der Waals surface area contributed by atoms with Gasteiger partial charge in [-0.05, 0) is 5.56 Å². The minimum Gasteiger partial charge on any atom is -0.383 e. The van der Waals surface area contributed by atoms with Gasteiger partial charge in [-0.2, -0.15) is 0 Å². The minimum atomic E-state index is -0.592. The van der Waals surface area contributed by atoms with Crippen molar-refractivity contribution in [2.75, 3.05) is 46.6 Å². The lowest BCUT2D eigenvalue weighted by molar-refractivity contribution is -0.155. The summed E-state index contributed by atoms with van der Waals surface area (Å²) in [5.74, 6) is -0.351. The molecule has 2 rings (SSSR count). The quantitative estimate of drug-likeness (QED) is 0.606. The van der Waals surface area contributed by atoms with Gasteiger partial charge in [0.1, 0.15) is 12.6 Å². The zero-order valence-electron chi connectivity index (χ0n) is 14.4. The van der Waals surface area contributed by atoms with Gasteiger partial charge in [-0.15, -0.1) is 12.4 Å². The highest BCUT2D eigenvalue weighted by atomic mass is 35.5. The van der Waals surface area contributed by atoms with E-state index >= 15 is 0 Å². The molecule has 1 aliphatic rings. The van der Waals surface area contributed by atoms with Crippen LogP contribution in [-0.2, 0) is 25.6 Å². The second-order valence-electron chi connectivity index (χ2n) is 5.57. The van der Waals surface area contributed by atoms with E-state index < -0.39 is 6.04 Å². The molecule has 1 aromatic carbocycles. The molecule has 0 bridgehead atoms. The Balaban J connectivity index is 0.00000312. The minimum absolute atomic E-state index is 0. The Morgan fingerprint density at radius 1 is 1.28 bits per heavy atom. The van der Waals surface area contributed by atoms with Gasteiger partial charge < -0.3 is 25.0 Å². The van der Waals surface area contributed by atoms with Gasteiger partial charge in [0, 0.05) is 33.3 Å². The van der Waals surface area contributed by atoms with E-state index in [2.05, 4.69) is 10.6 Å². The van der Waals surface area contributed by atoms with Crippen molar-refractivity contribution in [2.45, 2.75) is 12.6 Å². The van der Waals surface area contributed by atoms with Crippen molar-refractivity contribution in [1.29, 1.82) is 0 Å². The van der Waals surface area contributed by atoms with Crippen LogP contribution in [0.5, 0.6) is 0 Å². The summed E-state index contributed by atoms with van der Waals surface area (Å²) in [7, 11) is 1.64. The predicted octanol–water partition coefficient (Wildman–Crippen LogP) is 0.188. The number of halogens is 1. The average Bonchev–Trinajstić information content (AvgIpc) is 2.60. The summed E-state index contributed by atoms with van der Waals surface area (Å²) in [5.41, 5.74) is 0.992. The predicted molar refractivity (Wildman–Crippen MR) is 96.6 cm³/mol. The summed E-state index contributed by atoms with van der Waals surface area (Å²) in [4.78, 5) is 26.1. The number of hydrogen-bond acceptors (Lipinski definition) is 5. The molecule has 140 valence electrons. The Labute approximate surface area is 154 Å². The first-order chi connectivity index (χ1) is 11.7. The Morgan fingerprint density at radius 2 is 2.04 bits per heavy atom. The summed E-state index contributed by atoms with van der Waals surface area (Å²) in [6.45, 7) is 3.16. The maximum Gasteiger partial charge on any atom is 0.249 e. The largest absolute Gasteiger partial charge is 0.383 e. The van der Waals surface area contributed by atoms with Crippen molar-refractivity contribution < 1.29 is 19.1 Å². The maximum absolute atomic E-state index is 12.4. The van der Waals surface area contributed by atoms with Crippen LogP contribution in [0, 0.1) is 0 Å². The molecule has 2 N–H and O–H groups in total. The molecule has 1 atom stereocenters. The molecule has 1 fully saturated rings. The molecule has 0 aromatic heterocycles. The van der Waals surface area contributed by atoms with E-state index in [1.54, 1.807) is 12.0 Å². The molecule has 1 aliphatic heterocycles. The molecule has 0 saturated carbocycles. The van der Waals surface area contributed by atoms with Crippen molar-refractivity contribution in [3.8, 4) is 0 Å². The van der Waals surface area contributed by atoms with E-state index in [1.165, 1.54) is 0 Å². The molecule has 2 amide bonds. The highest BCUT2D eigenvalue weighted by Crippen LogP contribution is 2.13. The smallest absolute Gasteiger partial charge is 0.249 e. The lowest BCUT2D eigenvalue weighted by Gasteiger charge is -2.34. The number of hydrogen-bond donors (Lipinski definition) is 2. The van der Waals surface area contributed by atoms with Gasteiger partial charge in [-0.25, -0.2) is 0 Å². The standard InChI is InChI=1S/C17H25N3O4.ClH/c1-23-10-9-18-7-8-19-17(22)15-12-24-13-16(21)20(15)11-14-5-3-2-4-6-14;/h2-6,15,18H,7-13H2,1H3,(H,19,22);1H/t15-;/m1./s1. The average molecular weight is 372 g/mol. The number of rotatable bonds is 9. The van der Waals surface area contributed by atoms with Gasteiger partial charge in [-0.1, -0.05) is 30.3 Å². The van der Waals surface area contributed by atoms with Gasteiger partial charge in [0.05, 0.1) is 13.2 Å². The number of carbonyl (C=O) groups is 2. The van der Waals surface area contributed by atoms with Crippen LogP contribution < -0.4 is 10.6 Å². The molecule has 1 heterocycles. The van der Waals surface area contributed by atoms with Crippen molar-refractivity contribution in [1.82, 2.24) is 15.5 Å². The SMILES string of the molecule is COCCNCCNC(=O)[C@H]1COCC(=O)N1Cc1ccccc1.Cl. The summed E-state index contributed by atoms with van der Waals surface area (Å²) >= 11 is 0. The van der Waals surface area contributed by atoms with Crippen LogP contribution in [0.3, 0.4) is 0 Å². The van der Waals surface area contributed by atoms with Crippen LogP contribution in [0.25, 0.3) is 0 Å². The molecule has 8 heteroatoms. The van der Waals surface area contributed by atoms with Gasteiger partial charge in [-0.3, -0.25) is 9.59 Å². The van der Waals surface area contributed by atoms with Gasteiger partial charge in [0.15, 0.2) is 0 Å². The van der Waals surface area contributed by atoms with Crippen LogP contribution in [0.1, 0.15) is 5.56 Å². The Bertz CT molecular complexity index is 530. The lowest BCUT2D eigenvalue weighted by Crippen LogP contribution is -2.56. The molecular weight excluding hydrogens is 346 g/mol. The van der Waals surface area contributed by atoms with Crippen molar-refractivity contribution >= 4 is 24.2 Å². The zero-order valence-corrected chi connectivity index (χ0v) is 15.2. The molecule has 0 unspecified atom stereocenters. The van der Waals surface area contributed by atoms with E-state index in [-0.39, 0.29) is 37.4 Å². The first kappa shape index (κ1) is 21.4. The molecule has 25 heavy (non-hydrogen) atoms. The molecule has 7 nitrogen and oxygen atoms in total. The number of benzene rings is 1. The summed E-state index contributed by atoms with van der Waals surface area (Å²) in [5, 5.41) is 6.00. The third-order valence-corrected chi connectivity index (χ3v) is 3.78. The fourth-order valence-electron chi connectivity index (χ4n) is 2.49. The molecule has 0 radical (unpaired) electrons. The monoisotopic (exact) mass is 371 g/mol. The first-order valence-corrected chi connectivity index (χ1v) is 8.11. The third-order valence-electron chi connectivity index (χ3n) is 3.78. The zero-order chi connectivity index (χ0) is 17.2. The van der Waals surface area contributed by atoms with Gasteiger partial charge in [0.2, 0.25) is 11.8 Å². The number of ether oxygens (including phenoxy) is 2. The normalized spacial score (nSPS) is 17.1. The highest BCUT2D eigenvalue weighted by Gasteiger charge is 2.33. The summed E-state index contributed by atoms with van der Waals surface area (Å²) in [6.07, 6.45) is 0. The van der Waals surface area contributed by atoms with Crippen molar-refractivity contribution in [2.24, 2.45) is 0 Å². The van der Waals surface area contributed by atoms with Crippen LogP contribution >= 0.6 is 12.4 Å². The number of nitrogens with zero attached hydrogens (tertiary/aromatic N) is 1. The van der Waals surface area contributed by atoms with Crippen LogP contribution in [0.2, 0.25) is 0 Å². The van der Waals surface area contributed by atoms with Crippen molar-refractivity contribution in [3.05, 3.63) is 35.9 Å².